The lowest BCUT2D eigenvalue weighted by Gasteiger charge is -2.13. The van der Waals surface area contributed by atoms with Crippen molar-refractivity contribution in [3.05, 3.63) is 123 Å². The van der Waals surface area contributed by atoms with E-state index in [0.29, 0.717) is 0 Å². The van der Waals surface area contributed by atoms with Crippen LogP contribution in [-0.2, 0) is 0 Å². The van der Waals surface area contributed by atoms with Crippen molar-refractivity contribution in [3.63, 3.8) is 0 Å². The molecule has 51 heavy (non-hydrogen) atoms. The van der Waals surface area contributed by atoms with Crippen LogP contribution in [0, 0.1) is 0 Å². The van der Waals surface area contributed by atoms with Crippen LogP contribution < -0.4 is 16.0 Å². The summed E-state index contributed by atoms with van der Waals surface area (Å²) in [5.41, 5.74) is -5.34. The van der Waals surface area contributed by atoms with E-state index >= 15 is 0 Å². The number of rotatable bonds is 12. The Morgan fingerprint density at radius 2 is 0.431 bits per heavy atom. The van der Waals surface area contributed by atoms with Gasteiger partial charge in [0.1, 0.15) is 0 Å². The molecule has 258 valence electrons. The van der Waals surface area contributed by atoms with Crippen molar-refractivity contribution in [2.24, 2.45) is 0 Å². The van der Waals surface area contributed by atoms with Gasteiger partial charge in [0, 0.05) is 33.8 Å². The van der Waals surface area contributed by atoms with Crippen LogP contribution >= 0.6 is 0 Å². The first-order valence-electron chi connectivity index (χ1n) is 13.9. The molecule has 18 nitrogen and oxygen atoms in total. The maximum absolute atomic E-state index is 13.4. The molecule has 0 radical (unpaired) electrons. The minimum atomic E-state index is -1.53. The second-order valence-electron chi connectivity index (χ2n) is 10.4. The lowest BCUT2D eigenvalue weighted by Crippen LogP contribution is -2.20. The van der Waals surface area contributed by atoms with E-state index in [1.165, 1.54) is 0 Å². The minimum absolute atomic E-state index is 0.309. The normalized spacial score (nSPS) is 10.4. The molecule has 0 fully saturated rings. The second-order valence-corrected chi connectivity index (χ2v) is 10.4. The Bertz CT molecular complexity index is 1870. The highest BCUT2D eigenvalue weighted by molar-refractivity contribution is 6.14. The summed E-state index contributed by atoms with van der Waals surface area (Å²) in [5.74, 6) is -12.4. The molecule has 3 amide bonds. The van der Waals surface area contributed by atoms with Crippen molar-refractivity contribution in [3.8, 4) is 0 Å². The van der Waals surface area contributed by atoms with E-state index in [1.54, 1.807) is 0 Å². The predicted octanol–water partition coefficient (Wildman–Crippen LogP) is 3.63. The molecule has 9 N–H and O–H groups in total. The van der Waals surface area contributed by atoms with Crippen molar-refractivity contribution in [1.82, 2.24) is 0 Å². The quantitative estimate of drug-likeness (QED) is 0.102. The lowest BCUT2D eigenvalue weighted by atomic mass is 10.0. The minimum Gasteiger partial charge on any atom is -0.478 e. The maximum atomic E-state index is 13.4. The Hall–Kier alpha value is -7.89. The topological polar surface area (TPSA) is 311 Å². The van der Waals surface area contributed by atoms with Crippen LogP contribution in [0.2, 0.25) is 0 Å². The highest BCUT2D eigenvalue weighted by atomic mass is 16.4. The molecular formula is C33H21N3O15. The Labute approximate surface area is 283 Å². The molecule has 0 aromatic heterocycles. The van der Waals surface area contributed by atoms with Gasteiger partial charge < -0.3 is 46.6 Å². The SMILES string of the molecule is O=C(O)c1cc(NC(=O)c2cc(C(=O)Nc3cc(C(=O)O)cc(C(=O)O)c3)cc(C(=O)Nc3cc(C(=O)O)cc(C(=O)O)c3)c2)cc(C(=O)O)c1. The smallest absolute Gasteiger partial charge is 0.335 e. The van der Waals surface area contributed by atoms with Crippen LogP contribution in [0.15, 0.2) is 72.8 Å². The number of anilines is 3. The molecule has 0 aliphatic rings. The summed E-state index contributed by atoms with van der Waals surface area (Å²) in [6, 6.07) is 10.9. The summed E-state index contributed by atoms with van der Waals surface area (Å²) in [7, 11) is 0. The zero-order valence-electron chi connectivity index (χ0n) is 25.3. The molecule has 0 atom stereocenters. The van der Waals surface area contributed by atoms with Crippen LogP contribution in [0.4, 0.5) is 17.1 Å². The average Bonchev–Trinajstić information content (AvgIpc) is 3.07. The summed E-state index contributed by atoms with van der Waals surface area (Å²) in [4.78, 5) is 109. The van der Waals surface area contributed by atoms with E-state index in [4.69, 9.17) is 0 Å². The lowest BCUT2D eigenvalue weighted by molar-refractivity contribution is 0.0676. The van der Waals surface area contributed by atoms with Gasteiger partial charge in [0.25, 0.3) is 17.7 Å². The molecule has 0 aliphatic heterocycles. The van der Waals surface area contributed by atoms with Gasteiger partial charge in [0.2, 0.25) is 0 Å². The number of hydrogen-bond acceptors (Lipinski definition) is 9. The number of carboxylic acids is 6. The van der Waals surface area contributed by atoms with Gasteiger partial charge in [0.05, 0.1) is 33.4 Å². The molecule has 4 aromatic rings. The predicted molar refractivity (Wildman–Crippen MR) is 171 cm³/mol. The Morgan fingerprint density at radius 1 is 0.275 bits per heavy atom. The number of carbonyl (C=O) groups is 9. The maximum Gasteiger partial charge on any atom is 0.335 e. The van der Waals surface area contributed by atoms with Gasteiger partial charge >= 0.3 is 35.8 Å². The van der Waals surface area contributed by atoms with Gasteiger partial charge in [0.15, 0.2) is 0 Å². The Kier molecular flexibility index (Phi) is 10.2. The number of amides is 3. The van der Waals surface area contributed by atoms with Crippen LogP contribution in [0.25, 0.3) is 0 Å². The van der Waals surface area contributed by atoms with Crippen molar-refractivity contribution < 1.29 is 73.8 Å². The number of carbonyl (C=O) groups excluding carboxylic acids is 3. The summed E-state index contributed by atoms with van der Waals surface area (Å²) >= 11 is 0. The summed E-state index contributed by atoms with van der Waals surface area (Å²) < 4.78 is 0. The molecule has 0 aliphatic carbocycles. The average molecular weight is 700 g/mol. The first kappa shape index (κ1) is 36.0. The fourth-order valence-electron chi connectivity index (χ4n) is 4.47. The molecule has 0 saturated heterocycles. The third kappa shape index (κ3) is 8.73. The fraction of sp³-hybridized carbons (Fsp3) is 0. The summed E-state index contributed by atoms with van der Waals surface area (Å²) in [5, 5.41) is 63.0. The van der Waals surface area contributed by atoms with E-state index < -0.39 is 104 Å². The molecule has 18 heteroatoms. The third-order valence-electron chi connectivity index (χ3n) is 6.77. The van der Waals surface area contributed by atoms with Crippen LogP contribution in [0.3, 0.4) is 0 Å². The van der Waals surface area contributed by atoms with Crippen LogP contribution in [0.5, 0.6) is 0 Å². The van der Waals surface area contributed by atoms with Crippen molar-refractivity contribution in [1.29, 1.82) is 0 Å². The van der Waals surface area contributed by atoms with Crippen molar-refractivity contribution in [2.45, 2.75) is 0 Å². The first-order valence-corrected chi connectivity index (χ1v) is 13.9. The van der Waals surface area contributed by atoms with Gasteiger partial charge in [-0.1, -0.05) is 0 Å². The zero-order valence-corrected chi connectivity index (χ0v) is 25.3. The second kappa shape index (κ2) is 14.5. The van der Waals surface area contributed by atoms with Crippen molar-refractivity contribution >= 4 is 70.6 Å². The molecule has 0 bridgehead atoms. The fourth-order valence-corrected chi connectivity index (χ4v) is 4.47. The molecule has 0 heterocycles. The number of benzene rings is 4. The number of hydrogen-bond donors (Lipinski definition) is 9. The number of aromatic carboxylic acids is 6. The van der Waals surface area contributed by atoms with Crippen molar-refractivity contribution in [2.75, 3.05) is 16.0 Å². The highest BCUT2D eigenvalue weighted by Crippen LogP contribution is 2.22. The van der Waals surface area contributed by atoms with Gasteiger partial charge in [-0.2, -0.15) is 0 Å². The zero-order chi connectivity index (χ0) is 37.7. The molecular weight excluding hydrogens is 678 g/mol. The van der Waals surface area contributed by atoms with E-state index in [0.717, 1.165) is 72.8 Å². The van der Waals surface area contributed by atoms with E-state index in [9.17, 15) is 73.8 Å². The van der Waals surface area contributed by atoms with E-state index in [-0.39, 0.29) is 17.1 Å². The van der Waals surface area contributed by atoms with Gasteiger partial charge in [-0.15, -0.1) is 0 Å². The van der Waals surface area contributed by atoms with E-state index in [2.05, 4.69) is 16.0 Å². The largest absolute Gasteiger partial charge is 0.478 e. The summed E-state index contributed by atoms with van der Waals surface area (Å²) in [6.07, 6.45) is 0. The van der Waals surface area contributed by atoms with Gasteiger partial charge in [-0.25, -0.2) is 28.8 Å². The third-order valence-corrected chi connectivity index (χ3v) is 6.77. The number of nitrogens with one attached hydrogen (secondary N) is 3. The molecule has 0 unspecified atom stereocenters. The molecule has 0 spiro atoms. The molecule has 4 aromatic carbocycles. The van der Waals surface area contributed by atoms with Gasteiger partial charge in [-0.3, -0.25) is 14.4 Å². The van der Waals surface area contributed by atoms with E-state index in [1.807, 2.05) is 0 Å². The molecule has 0 saturated carbocycles. The van der Waals surface area contributed by atoms with Gasteiger partial charge in [-0.05, 0) is 72.8 Å². The Morgan fingerprint density at radius 3 is 0.588 bits per heavy atom. The monoisotopic (exact) mass is 699 g/mol. The first-order chi connectivity index (χ1) is 23.9. The summed E-state index contributed by atoms with van der Waals surface area (Å²) in [6.45, 7) is 0. The van der Waals surface area contributed by atoms with Crippen LogP contribution in [-0.4, -0.2) is 84.2 Å². The highest BCUT2D eigenvalue weighted by Gasteiger charge is 2.21. The van der Waals surface area contributed by atoms with Crippen LogP contribution in [0.1, 0.15) is 93.2 Å². The molecule has 4 rings (SSSR count). The Balaban J connectivity index is 1.79. The number of carboxylic acid groups (broad SMARTS) is 6. The standard InChI is InChI=1S/C33H21N3O15/c37-25(34-22-7-16(28(40)41)4-17(8-22)29(42)43)13-1-14(26(38)35-23-9-18(30(44)45)5-19(10-23)31(46)47)3-15(2-13)27(39)36-24-11-20(32(48)49)6-21(12-24)33(50)51/h1-12H,(H,34,37)(H,35,38)(H,36,39)(H,40,41)(H,42,43)(H,44,45)(H,46,47)(H,48,49)(H,50,51).